The van der Waals surface area contributed by atoms with Crippen molar-refractivity contribution < 1.29 is 4.79 Å². The standard InChI is InChI=1S/C22H22N8O/c1-13-11-14(3-6-17(13)27-22(31)20-9-10-25-30(20)2)18-7-4-15-12-16(21(28-23)29-24)5-8-19(15)26-18/h3-12H,23-24H2,1-2H3,(H,27,31)(H,28,29). The fourth-order valence-electron chi connectivity index (χ4n) is 3.38. The molecule has 156 valence electrons. The normalized spacial score (nSPS) is 11.5. The van der Waals surface area contributed by atoms with Gasteiger partial charge in [-0.15, -0.1) is 0 Å². The fourth-order valence-corrected chi connectivity index (χ4v) is 3.38. The van der Waals surface area contributed by atoms with E-state index < -0.39 is 0 Å². The third-order valence-corrected chi connectivity index (χ3v) is 5.05. The molecule has 4 rings (SSSR count). The second kappa shape index (κ2) is 8.25. The van der Waals surface area contributed by atoms with Gasteiger partial charge in [0.05, 0.1) is 11.2 Å². The van der Waals surface area contributed by atoms with Gasteiger partial charge in [-0.3, -0.25) is 9.48 Å². The quantitative estimate of drug-likeness (QED) is 0.175. The number of benzene rings is 2. The maximum atomic E-state index is 12.5. The highest BCUT2D eigenvalue weighted by molar-refractivity contribution is 6.03. The molecule has 4 aromatic rings. The Balaban J connectivity index is 1.60. The Morgan fingerprint density at radius 3 is 2.61 bits per heavy atom. The molecule has 0 fully saturated rings. The molecule has 2 aromatic heterocycles. The van der Waals surface area contributed by atoms with Crippen LogP contribution in [0.1, 0.15) is 21.6 Å². The van der Waals surface area contributed by atoms with Gasteiger partial charge in [0.1, 0.15) is 5.69 Å². The molecule has 0 saturated carbocycles. The summed E-state index contributed by atoms with van der Waals surface area (Å²) in [6, 6.07) is 17.1. The van der Waals surface area contributed by atoms with Crippen LogP contribution in [0.3, 0.4) is 0 Å². The lowest BCUT2D eigenvalue weighted by Gasteiger charge is -2.11. The summed E-state index contributed by atoms with van der Waals surface area (Å²) in [6.45, 7) is 1.95. The monoisotopic (exact) mass is 414 g/mol. The Labute approximate surface area is 178 Å². The topological polar surface area (TPSA) is 136 Å². The molecule has 0 saturated heterocycles. The lowest BCUT2D eigenvalue weighted by molar-refractivity contribution is 0.101. The van der Waals surface area contributed by atoms with Crippen LogP contribution in [0.4, 0.5) is 5.69 Å². The predicted octanol–water partition coefficient (Wildman–Crippen LogP) is 2.28. The zero-order chi connectivity index (χ0) is 22.0. The summed E-state index contributed by atoms with van der Waals surface area (Å²) in [5.41, 5.74) is 8.03. The molecule has 1 amide bonds. The summed E-state index contributed by atoms with van der Waals surface area (Å²) in [5.74, 6) is 11.0. The van der Waals surface area contributed by atoms with Crippen LogP contribution in [-0.4, -0.2) is 26.5 Å². The van der Waals surface area contributed by atoms with Crippen LogP contribution in [0, 0.1) is 6.92 Å². The Kier molecular flexibility index (Phi) is 5.33. The van der Waals surface area contributed by atoms with Gasteiger partial charge in [-0.05, 0) is 55.0 Å². The summed E-state index contributed by atoms with van der Waals surface area (Å²) in [5, 5.41) is 11.5. The maximum absolute atomic E-state index is 12.5. The van der Waals surface area contributed by atoms with E-state index in [4.69, 9.17) is 16.7 Å². The van der Waals surface area contributed by atoms with E-state index in [0.717, 1.165) is 39.0 Å². The number of nitrogens with two attached hydrogens (primary N) is 2. The minimum Gasteiger partial charge on any atom is -0.321 e. The lowest BCUT2D eigenvalue weighted by Crippen LogP contribution is -2.31. The van der Waals surface area contributed by atoms with Crippen molar-refractivity contribution >= 4 is 28.3 Å². The Morgan fingerprint density at radius 2 is 1.94 bits per heavy atom. The van der Waals surface area contributed by atoms with E-state index in [0.29, 0.717) is 11.5 Å². The third-order valence-electron chi connectivity index (χ3n) is 5.05. The fraction of sp³-hybridized carbons (Fsp3) is 0.0909. The van der Waals surface area contributed by atoms with E-state index in [1.165, 1.54) is 4.68 Å². The first kappa shape index (κ1) is 20.0. The van der Waals surface area contributed by atoms with Crippen LogP contribution in [0.25, 0.3) is 22.2 Å². The predicted molar refractivity (Wildman–Crippen MR) is 121 cm³/mol. The van der Waals surface area contributed by atoms with Crippen LogP contribution in [-0.2, 0) is 7.05 Å². The Morgan fingerprint density at radius 1 is 1.10 bits per heavy atom. The van der Waals surface area contributed by atoms with Gasteiger partial charge in [0, 0.05) is 35.4 Å². The Hall–Kier alpha value is -4.24. The zero-order valence-electron chi connectivity index (χ0n) is 17.1. The van der Waals surface area contributed by atoms with Gasteiger partial charge in [0.25, 0.3) is 5.91 Å². The number of hydrazone groups is 1. The van der Waals surface area contributed by atoms with Gasteiger partial charge < -0.3 is 16.6 Å². The van der Waals surface area contributed by atoms with Gasteiger partial charge in [-0.2, -0.15) is 10.2 Å². The molecule has 2 heterocycles. The smallest absolute Gasteiger partial charge is 0.273 e. The van der Waals surface area contributed by atoms with Crippen molar-refractivity contribution in [3.05, 3.63) is 77.6 Å². The summed E-state index contributed by atoms with van der Waals surface area (Å²) in [7, 11) is 1.73. The molecular formula is C22H22N8O. The van der Waals surface area contributed by atoms with Gasteiger partial charge in [0.15, 0.2) is 5.84 Å². The van der Waals surface area contributed by atoms with Crippen molar-refractivity contribution in [2.24, 2.45) is 23.8 Å². The van der Waals surface area contributed by atoms with Crippen molar-refractivity contribution in [3.8, 4) is 11.3 Å². The van der Waals surface area contributed by atoms with E-state index in [-0.39, 0.29) is 5.91 Å². The van der Waals surface area contributed by atoms with E-state index in [9.17, 15) is 4.79 Å². The number of hydrogen-bond donors (Lipinski definition) is 4. The van der Waals surface area contributed by atoms with Crippen LogP contribution < -0.4 is 22.4 Å². The number of fused-ring (bicyclic) bond motifs is 1. The van der Waals surface area contributed by atoms with Crippen molar-refractivity contribution in [1.82, 2.24) is 20.2 Å². The number of anilines is 1. The number of carbonyl (C=O) groups is 1. The highest BCUT2D eigenvalue weighted by atomic mass is 16.2. The van der Waals surface area contributed by atoms with E-state index in [2.05, 4.69) is 20.9 Å². The van der Waals surface area contributed by atoms with Crippen LogP contribution in [0.15, 0.2) is 65.9 Å². The minimum absolute atomic E-state index is 0.206. The molecule has 0 aliphatic rings. The van der Waals surface area contributed by atoms with Gasteiger partial charge >= 0.3 is 0 Å². The van der Waals surface area contributed by atoms with E-state index in [1.807, 2.05) is 55.5 Å². The third kappa shape index (κ3) is 3.94. The number of amides is 1. The highest BCUT2D eigenvalue weighted by Crippen LogP contribution is 2.26. The van der Waals surface area contributed by atoms with E-state index in [1.54, 1.807) is 19.3 Å². The number of aromatic nitrogens is 3. The number of pyridine rings is 1. The first-order valence-electron chi connectivity index (χ1n) is 9.56. The van der Waals surface area contributed by atoms with Gasteiger partial charge in [-0.1, -0.05) is 12.1 Å². The molecule has 0 atom stereocenters. The zero-order valence-corrected chi connectivity index (χ0v) is 17.1. The molecule has 0 spiro atoms. The van der Waals surface area contributed by atoms with E-state index >= 15 is 0 Å². The summed E-state index contributed by atoms with van der Waals surface area (Å²) >= 11 is 0. The molecule has 0 bridgehead atoms. The van der Waals surface area contributed by atoms with Crippen molar-refractivity contribution in [3.63, 3.8) is 0 Å². The van der Waals surface area contributed by atoms with Gasteiger partial charge in [-0.25, -0.2) is 10.8 Å². The first-order valence-corrected chi connectivity index (χ1v) is 9.56. The number of aryl methyl sites for hydroxylation is 2. The lowest BCUT2D eigenvalue weighted by atomic mass is 10.0. The number of rotatable bonds is 4. The molecule has 0 aliphatic heterocycles. The molecule has 0 radical (unpaired) electrons. The number of hydrogen-bond acceptors (Lipinski definition) is 6. The molecule has 6 N–H and O–H groups in total. The van der Waals surface area contributed by atoms with Gasteiger partial charge in [0.2, 0.25) is 0 Å². The summed E-state index contributed by atoms with van der Waals surface area (Å²) in [4.78, 5) is 17.2. The second-order valence-electron chi connectivity index (χ2n) is 7.05. The SMILES string of the molecule is Cc1cc(-c2ccc3cc(/C(=N/N)NN)ccc3n2)ccc1NC(=O)c1ccnn1C. The molecule has 0 aliphatic carbocycles. The van der Waals surface area contributed by atoms with Crippen LogP contribution >= 0.6 is 0 Å². The number of carbonyl (C=O) groups excluding carboxylic acids is 1. The number of amidine groups is 1. The Bertz CT molecular complexity index is 1310. The molecule has 9 heteroatoms. The summed E-state index contributed by atoms with van der Waals surface area (Å²) < 4.78 is 1.54. The molecule has 31 heavy (non-hydrogen) atoms. The number of hydrazine groups is 1. The highest BCUT2D eigenvalue weighted by Gasteiger charge is 2.12. The number of nitrogens with zero attached hydrogens (tertiary/aromatic N) is 4. The maximum Gasteiger partial charge on any atom is 0.273 e. The average Bonchev–Trinajstić information content (AvgIpc) is 3.21. The second-order valence-corrected chi connectivity index (χ2v) is 7.05. The van der Waals surface area contributed by atoms with Crippen LogP contribution in [0.5, 0.6) is 0 Å². The average molecular weight is 414 g/mol. The van der Waals surface area contributed by atoms with Crippen molar-refractivity contribution in [2.45, 2.75) is 6.92 Å². The number of nitrogens with one attached hydrogen (secondary N) is 2. The minimum atomic E-state index is -0.206. The van der Waals surface area contributed by atoms with Crippen molar-refractivity contribution in [2.75, 3.05) is 5.32 Å². The molecular weight excluding hydrogens is 392 g/mol. The van der Waals surface area contributed by atoms with Crippen molar-refractivity contribution in [1.29, 1.82) is 0 Å². The molecule has 0 unspecified atom stereocenters. The first-order chi connectivity index (χ1) is 15.0. The largest absolute Gasteiger partial charge is 0.321 e. The molecule has 2 aromatic carbocycles. The molecule has 9 nitrogen and oxygen atoms in total. The summed E-state index contributed by atoms with van der Waals surface area (Å²) in [6.07, 6.45) is 1.59. The van der Waals surface area contributed by atoms with Crippen LogP contribution in [0.2, 0.25) is 0 Å².